The van der Waals surface area contributed by atoms with Crippen molar-refractivity contribution in [1.82, 2.24) is 10.3 Å². The van der Waals surface area contributed by atoms with Crippen molar-refractivity contribution in [3.63, 3.8) is 0 Å². The van der Waals surface area contributed by atoms with Gasteiger partial charge in [-0.15, -0.1) is 11.6 Å². The van der Waals surface area contributed by atoms with Crippen LogP contribution in [0.15, 0.2) is 30.5 Å². The van der Waals surface area contributed by atoms with Crippen LogP contribution in [0.1, 0.15) is 31.1 Å². The third-order valence-electron chi connectivity index (χ3n) is 4.04. The molecule has 1 heterocycles. The van der Waals surface area contributed by atoms with E-state index in [0.29, 0.717) is 34.2 Å². The van der Waals surface area contributed by atoms with Crippen LogP contribution in [0, 0.1) is 5.92 Å². The standard InChI is InChI=1S/C20H22Cl2N2O3S/c1-13(24-19(25)8-9-21)2-6-16-11-23-20(28-16)27-18-7-5-15(10-17(18)22)26-12-14-3-4-14/h2,5-7,10-11,13-14H,3-4,8-9,12H2,1H3,(H,24,25)/b6-2+/t13-/m0/s1. The molecule has 1 atom stereocenters. The molecule has 1 aromatic heterocycles. The number of thiazole rings is 1. The molecular weight excluding hydrogens is 419 g/mol. The molecule has 1 fully saturated rings. The number of nitrogens with one attached hydrogen (secondary N) is 1. The lowest BCUT2D eigenvalue weighted by Gasteiger charge is -2.08. The number of halogens is 2. The van der Waals surface area contributed by atoms with Gasteiger partial charge >= 0.3 is 0 Å². The Morgan fingerprint density at radius 2 is 2.29 bits per heavy atom. The summed E-state index contributed by atoms with van der Waals surface area (Å²) in [6.07, 6.45) is 8.30. The Balaban J connectivity index is 1.53. The summed E-state index contributed by atoms with van der Waals surface area (Å²) in [5, 5.41) is 3.82. The van der Waals surface area contributed by atoms with Gasteiger partial charge in [0.2, 0.25) is 5.91 Å². The predicted molar refractivity (Wildman–Crippen MR) is 114 cm³/mol. The third kappa shape index (κ3) is 6.69. The fourth-order valence-electron chi connectivity index (χ4n) is 2.34. The number of ether oxygens (including phenoxy) is 2. The molecule has 1 amide bonds. The summed E-state index contributed by atoms with van der Waals surface area (Å²) < 4.78 is 11.5. The fraction of sp³-hybridized carbons (Fsp3) is 0.400. The Labute approximate surface area is 178 Å². The van der Waals surface area contributed by atoms with E-state index < -0.39 is 0 Å². The number of hydrogen-bond acceptors (Lipinski definition) is 5. The Hall–Kier alpha value is -1.76. The number of carbonyl (C=O) groups is 1. The van der Waals surface area contributed by atoms with Crippen LogP contribution in [-0.2, 0) is 4.79 Å². The highest BCUT2D eigenvalue weighted by Gasteiger charge is 2.22. The third-order valence-corrected chi connectivity index (χ3v) is 5.37. The summed E-state index contributed by atoms with van der Waals surface area (Å²) in [6, 6.07) is 5.30. The molecule has 1 aliphatic carbocycles. The summed E-state index contributed by atoms with van der Waals surface area (Å²) in [6.45, 7) is 2.64. The topological polar surface area (TPSA) is 60.5 Å². The molecule has 28 heavy (non-hydrogen) atoms. The van der Waals surface area contributed by atoms with Crippen LogP contribution in [0.5, 0.6) is 16.7 Å². The van der Waals surface area contributed by atoms with E-state index in [9.17, 15) is 4.79 Å². The van der Waals surface area contributed by atoms with Crippen molar-refractivity contribution in [2.45, 2.75) is 32.2 Å². The molecule has 1 saturated carbocycles. The van der Waals surface area contributed by atoms with Gasteiger partial charge in [-0.2, -0.15) is 0 Å². The van der Waals surface area contributed by atoms with Gasteiger partial charge in [0.25, 0.3) is 5.19 Å². The zero-order chi connectivity index (χ0) is 19.9. The van der Waals surface area contributed by atoms with Crippen LogP contribution in [-0.4, -0.2) is 29.4 Å². The highest BCUT2D eigenvalue weighted by molar-refractivity contribution is 7.14. The summed E-state index contributed by atoms with van der Waals surface area (Å²) in [5.74, 6) is 2.21. The molecule has 8 heteroatoms. The average Bonchev–Trinajstić information content (AvgIpc) is 3.38. The Kier molecular flexibility index (Phi) is 7.59. The van der Waals surface area contributed by atoms with E-state index in [4.69, 9.17) is 32.7 Å². The number of alkyl halides is 1. The fourth-order valence-corrected chi connectivity index (χ4v) is 3.41. The van der Waals surface area contributed by atoms with Gasteiger partial charge in [0.15, 0.2) is 0 Å². The van der Waals surface area contributed by atoms with Gasteiger partial charge < -0.3 is 14.8 Å². The molecule has 0 unspecified atom stereocenters. The minimum Gasteiger partial charge on any atom is -0.493 e. The monoisotopic (exact) mass is 440 g/mol. The first kappa shape index (κ1) is 21.0. The number of rotatable bonds is 10. The normalized spacial score (nSPS) is 14.8. The van der Waals surface area contributed by atoms with E-state index >= 15 is 0 Å². The van der Waals surface area contributed by atoms with Gasteiger partial charge in [-0.1, -0.05) is 29.0 Å². The van der Waals surface area contributed by atoms with Crippen LogP contribution in [0.25, 0.3) is 6.08 Å². The number of aromatic nitrogens is 1. The molecule has 2 aromatic rings. The van der Waals surface area contributed by atoms with Crippen molar-refractivity contribution in [1.29, 1.82) is 0 Å². The second-order valence-corrected chi connectivity index (χ2v) is 8.44. The minimum absolute atomic E-state index is 0.0697. The first-order valence-electron chi connectivity index (χ1n) is 9.13. The quantitative estimate of drug-likeness (QED) is 0.493. The minimum atomic E-state index is -0.0974. The van der Waals surface area contributed by atoms with Crippen LogP contribution >= 0.6 is 34.5 Å². The van der Waals surface area contributed by atoms with Gasteiger partial charge in [0.05, 0.1) is 16.5 Å². The highest BCUT2D eigenvalue weighted by Crippen LogP contribution is 2.35. The van der Waals surface area contributed by atoms with E-state index in [1.54, 1.807) is 18.3 Å². The van der Waals surface area contributed by atoms with E-state index in [1.165, 1.54) is 24.2 Å². The second-order valence-electron chi connectivity index (χ2n) is 6.63. The molecular formula is C20H22Cl2N2O3S. The molecule has 0 bridgehead atoms. The zero-order valence-corrected chi connectivity index (χ0v) is 17.8. The van der Waals surface area contributed by atoms with Crippen molar-refractivity contribution in [3.8, 4) is 16.7 Å². The van der Waals surface area contributed by atoms with Gasteiger partial charge in [-0.25, -0.2) is 4.98 Å². The molecule has 0 aliphatic heterocycles. The summed E-state index contributed by atoms with van der Waals surface area (Å²) in [5.41, 5.74) is 0. The smallest absolute Gasteiger partial charge is 0.279 e. The van der Waals surface area contributed by atoms with E-state index in [-0.39, 0.29) is 11.9 Å². The summed E-state index contributed by atoms with van der Waals surface area (Å²) in [4.78, 5) is 16.7. The average molecular weight is 441 g/mol. The molecule has 1 N–H and O–H groups in total. The predicted octanol–water partition coefficient (Wildman–Crippen LogP) is 5.52. The maximum absolute atomic E-state index is 11.5. The second kappa shape index (κ2) is 10.1. The van der Waals surface area contributed by atoms with Crippen molar-refractivity contribution < 1.29 is 14.3 Å². The SMILES string of the molecule is C[C@@H](/C=C/c1cnc(Oc2ccc(OCC3CC3)cc2Cl)s1)NC(=O)CCCl. The van der Waals surface area contributed by atoms with Gasteiger partial charge in [0.1, 0.15) is 11.5 Å². The van der Waals surface area contributed by atoms with Crippen LogP contribution < -0.4 is 14.8 Å². The highest BCUT2D eigenvalue weighted by atomic mass is 35.5. The number of amides is 1. The molecule has 0 saturated heterocycles. The van der Waals surface area contributed by atoms with Crippen molar-refractivity contribution in [2.75, 3.05) is 12.5 Å². The van der Waals surface area contributed by atoms with Gasteiger partial charge in [-0.05, 0) is 43.9 Å². The number of hydrogen-bond donors (Lipinski definition) is 1. The molecule has 1 aromatic carbocycles. The largest absolute Gasteiger partial charge is 0.493 e. The van der Waals surface area contributed by atoms with Crippen molar-refractivity contribution in [3.05, 3.63) is 40.4 Å². The van der Waals surface area contributed by atoms with E-state index in [1.807, 2.05) is 25.1 Å². The first-order valence-corrected chi connectivity index (χ1v) is 10.9. The number of benzene rings is 1. The lowest BCUT2D eigenvalue weighted by molar-refractivity contribution is -0.121. The Bertz CT molecular complexity index is 837. The van der Waals surface area contributed by atoms with Gasteiger partial charge in [-0.3, -0.25) is 4.79 Å². The number of carbonyl (C=O) groups excluding carboxylic acids is 1. The van der Waals surface area contributed by atoms with Gasteiger partial charge in [0, 0.05) is 30.6 Å². The van der Waals surface area contributed by atoms with Crippen molar-refractivity contribution in [2.24, 2.45) is 5.92 Å². The molecule has 150 valence electrons. The Morgan fingerprint density at radius 3 is 3.00 bits per heavy atom. The molecule has 0 spiro atoms. The molecule has 3 rings (SSSR count). The maximum Gasteiger partial charge on any atom is 0.279 e. The van der Waals surface area contributed by atoms with Crippen molar-refractivity contribution >= 4 is 46.5 Å². The molecule has 1 aliphatic rings. The Morgan fingerprint density at radius 1 is 1.46 bits per heavy atom. The van der Waals surface area contributed by atoms with E-state index in [2.05, 4.69) is 10.3 Å². The van der Waals surface area contributed by atoms with Crippen LogP contribution in [0.3, 0.4) is 0 Å². The van der Waals surface area contributed by atoms with E-state index in [0.717, 1.165) is 17.2 Å². The van der Waals surface area contributed by atoms with Crippen LogP contribution in [0.2, 0.25) is 5.02 Å². The van der Waals surface area contributed by atoms with Crippen LogP contribution in [0.4, 0.5) is 0 Å². The molecule has 0 radical (unpaired) electrons. The summed E-state index contributed by atoms with van der Waals surface area (Å²) >= 11 is 13.2. The maximum atomic E-state index is 11.5. The lowest BCUT2D eigenvalue weighted by Crippen LogP contribution is -2.30. The first-order chi connectivity index (χ1) is 13.5. The zero-order valence-electron chi connectivity index (χ0n) is 15.5. The summed E-state index contributed by atoms with van der Waals surface area (Å²) in [7, 11) is 0. The lowest BCUT2D eigenvalue weighted by atomic mass is 10.3. The number of nitrogens with zero attached hydrogens (tertiary/aromatic N) is 1. The molecule has 5 nitrogen and oxygen atoms in total.